The first kappa shape index (κ1) is 19.5. The van der Waals surface area contributed by atoms with Gasteiger partial charge in [0.25, 0.3) is 5.91 Å². The van der Waals surface area contributed by atoms with Crippen molar-refractivity contribution in [1.82, 2.24) is 24.3 Å². The van der Waals surface area contributed by atoms with E-state index in [9.17, 15) is 9.59 Å². The molecule has 0 atom stereocenters. The normalized spacial score (nSPS) is 17.4. The molecule has 2 saturated heterocycles. The fourth-order valence-electron chi connectivity index (χ4n) is 4.42. The summed E-state index contributed by atoms with van der Waals surface area (Å²) in [6, 6.07) is 12.3. The van der Waals surface area contributed by atoms with Crippen molar-refractivity contribution in [3.05, 3.63) is 60.0 Å². The molecule has 0 aliphatic carbocycles. The van der Waals surface area contributed by atoms with Crippen molar-refractivity contribution in [1.29, 1.82) is 0 Å². The van der Waals surface area contributed by atoms with Crippen LogP contribution in [0.25, 0.3) is 11.2 Å². The van der Waals surface area contributed by atoms with Crippen LogP contribution < -0.4 is 0 Å². The molecule has 160 valence electrons. The van der Waals surface area contributed by atoms with Crippen LogP contribution in [-0.2, 0) is 17.7 Å². The molecule has 2 amide bonds. The number of hydrogen-bond acceptors (Lipinski definition) is 5. The van der Waals surface area contributed by atoms with Gasteiger partial charge >= 0.3 is 6.09 Å². The summed E-state index contributed by atoms with van der Waals surface area (Å²) < 4.78 is 7.06. The number of hydrogen-bond donors (Lipinski definition) is 0. The Kier molecular flexibility index (Phi) is 5.28. The van der Waals surface area contributed by atoms with Crippen LogP contribution in [0, 0.1) is 0 Å². The van der Waals surface area contributed by atoms with Crippen LogP contribution in [0.1, 0.15) is 28.8 Å². The highest BCUT2D eigenvalue weighted by atomic mass is 16.6. The molecule has 0 saturated carbocycles. The van der Waals surface area contributed by atoms with E-state index in [1.165, 1.54) is 5.56 Å². The van der Waals surface area contributed by atoms with Crippen LogP contribution in [-0.4, -0.2) is 68.6 Å². The zero-order valence-electron chi connectivity index (χ0n) is 17.3. The highest BCUT2D eigenvalue weighted by Crippen LogP contribution is 2.22. The molecule has 0 bridgehead atoms. The molecule has 1 aromatic carbocycles. The third-order valence-corrected chi connectivity index (χ3v) is 6.17. The Morgan fingerprint density at radius 1 is 1.10 bits per heavy atom. The van der Waals surface area contributed by atoms with E-state index in [2.05, 4.69) is 22.1 Å². The highest BCUT2D eigenvalue weighted by molar-refractivity contribution is 5.96. The molecule has 31 heavy (non-hydrogen) atoms. The van der Waals surface area contributed by atoms with Crippen molar-refractivity contribution in [2.75, 3.05) is 26.2 Å². The van der Waals surface area contributed by atoms with Crippen LogP contribution in [0.15, 0.2) is 48.9 Å². The second kappa shape index (κ2) is 8.37. The molecule has 4 heterocycles. The van der Waals surface area contributed by atoms with Gasteiger partial charge in [0.1, 0.15) is 12.1 Å². The lowest BCUT2D eigenvalue weighted by molar-refractivity contribution is 0.0658. The molecule has 5 rings (SSSR count). The van der Waals surface area contributed by atoms with E-state index >= 15 is 0 Å². The zero-order chi connectivity index (χ0) is 21.2. The standard InChI is InChI=1S/C23H25N5O3/c29-22(26-10-7-19(8-11-26)28-12-13-31-23(28)30)18-14-20-21(24-15-18)27(16-25-20)9-6-17-4-2-1-3-5-17/h1-5,14-16,19H,6-13H2. The van der Waals surface area contributed by atoms with Gasteiger partial charge in [-0.2, -0.15) is 0 Å². The maximum Gasteiger partial charge on any atom is 0.410 e. The van der Waals surface area contributed by atoms with Gasteiger partial charge in [0, 0.05) is 31.9 Å². The molecule has 0 unspecified atom stereocenters. The molecule has 2 aliphatic rings. The lowest BCUT2D eigenvalue weighted by Gasteiger charge is -2.35. The molecule has 8 heteroatoms. The van der Waals surface area contributed by atoms with E-state index in [1.807, 2.05) is 33.7 Å². The number of amides is 2. The summed E-state index contributed by atoms with van der Waals surface area (Å²) in [6.45, 7) is 3.13. The van der Waals surface area contributed by atoms with Crippen LogP contribution in [0.3, 0.4) is 0 Å². The number of aromatic nitrogens is 3. The number of fused-ring (bicyclic) bond motifs is 1. The number of benzene rings is 1. The average molecular weight is 419 g/mol. The number of carbonyl (C=O) groups is 2. The molecule has 8 nitrogen and oxygen atoms in total. The summed E-state index contributed by atoms with van der Waals surface area (Å²) in [7, 11) is 0. The predicted octanol–water partition coefficient (Wildman–Crippen LogP) is 2.73. The summed E-state index contributed by atoms with van der Waals surface area (Å²) >= 11 is 0. The number of nitrogens with zero attached hydrogens (tertiary/aromatic N) is 5. The van der Waals surface area contributed by atoms with Crippen molar-refractivity contribution < 1.29 is 14.3 Å². The van der Waals surface area contributed by atoms with Crippen molar-refractivity contribution in [2.24, 2.45) is 0 Å². The van der Waals surface area contributed by atoms with E-state index in [0.29, 0.717) is 31.8 Å². The molecular formula is C23H25N5O3. The van der Waals surface area contributed by atoms with Gasteiger partial charge < -0.3 is 19.1 Å². The minimum Gasteiger partial charge on any atom is -0.448 e. The second-order valence-corrected chi connectivity index (χ2v) is 8.07. The monoisotopic (exact) mass is 419 g/mol. The second-order valence-electron chi connectivity index (χ2n) is 8.07. The number of carbonyl (C=O) groups excluding carboxylic acids is 2. The Labute approximate surface area is 180 Å². The van der Waals surface area contributed by atoms with E-state index in [4.69, 9.17) is 4.74 Å². The van der Waals surface area contributed by atoms with E-state index in [1.54, 1.807) is 17.4 Å². The number of cyclic esters (lactones) is 1. The largest absolute Gasteiger partial charge is 0.448 e. The molecule has 3 aromatic rings. The third-order valence-electron chi connectivity index (χ3n) is 6.17. The number of pyridine rings is 1. The SMILES string of the molecule is O=C(c1cnc2c(c1)ncn2CCc1ccccc1)N1CCC(N2CCOC2=O)CC1. The Balaban J connectivity index is 1.23. The number of aryl methyl sites for hydroxylation is 2. The number of rotatable bonds is 5. The van der Waals surface area contributed by atoms with Crippen LogP contribution >= 0.6 is 0 Å². The topological polar surface area (TPSA) is 80.6 Å². The first-order chi connectivity index (χ1) is 15.2. The molecule has 2 aliphatic heterocycles. The molecule has 2 aromatic heterocycles. The summed E-state index contributed by atoms with van der Waals surface area (Å²) in [4.78, 5) is 37.4. The van der Waals surface area contributed by atoms with E-state index in [0.717, 1.165) is 37.0 Å². The van der Waals surface area contributed by atoms with Crippen molar-refractivity contribution in [2.45, 2.75) is 31.8 Å². The number of ether oxygens (including phenoxy) is 1. The van der Waals surface area contributed by atoms with Gasteiger partial charge in [-0.15, -0.1) is 0 Å². The molecule has 2 fully saturated rings. The van der Waals surface area contributed by atoms with Gasteiger partial charge in [0.2, 0.25) is 0 Å². The lowest BCUT2D eigenvalue weighted by Crippen LogP contribution is -2.47. The summed E-state index contributed by atoms with van der Waals surface area (Å²) in [5.74, 6) is -0.0318. The van der Waals surface area contributed by atoms with Gasteiger partial charge in [-0.25, -0.2) is 14.8 Å². The van der Waals surface area contributed by atoms with Gasteiger partial charge in [0.05, 0.1) is 18.4 Å². The predicted molar refractivity (Wildman–Crippen MR) is 115 cm³/mol. The minimum atomic E-state index is -0.234. The summed E-state index contributed by atoms with van der Waals surface area (Å²) in [5, 5.41) is 0. The van der Waals surface area contributed by atoms with Gasteiger partial charge in [0.15, 0.2) is 5.65 Å². The Morgan fingerprint density at radius 2 is 1.90 bits per heavy atom. The molecule has 0 radical (unpaired) electrons. The number of likely N-dealkylation sites (tertiary alicyclic amines) is 1. The number of piperidine rings is 1. The Morgan fingerprint density at radius 3 is 2.65 bits per heavy atom. The summed E-state index contributed by atoms with van der Waals surface area (Å²) in [5.41, 5.74) is 3.34. The minimum absolute atomic E-state index is 0.0318. The Bertz CT molecular complexity index is 1090. The molecule has 0 N–H and O–H groups in total. The number of imidazole rings is 1. The van der Waals surface area contributed by atoms with Gasteiger partial charge in [-0.05, 0) is 30.9 Å². The fraction of sp³-hybridized carbons (Fsp3) is 0.391. The van der Waals surface area contributed by atoms with Crippen molar-refractivity contribution in [3.8, 4) is 0 Å². The van der Waals surface area contributed by atoms with Crippen molar-refractivity contribution >= 4 is 23.2 Å². The first-order valence-electron chi connectivity index (χ1n) is 10.8. The van der Waals surface area contributed by atoms with Crippen LogP contribution in [0.2, 0.25) is 0 Å². The van der Waals surface area contributed by atoms with Gasteiger partial charge in [-0.3, -0.25) is 4.79 Å². The summed E-state index contributed by atoms with van der Waals surface area (Å²) in [6.07, 6.45) is 5.64. The third kappa shape index (κ3) is 3.97. The maximum atomic E-state index is 13.0. The van der Waals surface area contributed by atoms with E-state index < -0.39 is 0 Å². The smallest absolute Gasteiger partial charge is 0.410 e. The van der Waals surface area contributed by atoms with Crippen molar-refractivity contribution in [3.63, 3.8) is 0 Å². The van der Waals surface area contributed by atoms with Crippen LogP contribution in [0.5, 0.6) is 0 Å². The zero-order valence-corrected chi connectivity index (χ0v) is 17.3. The molecular weight excluding hydrogens is 394 g/mol. The quantitative estimate of drug-likeness (QED) is 0.635. The lowest BCUT2D eigenvalue weighted by atomic mass is 10.0. The van der Waals surface area contributed by atoms with E-state index in [-0.39, 0.29) is 18.0 Å². The van der Waals surface area contributed by atoms with Crippen LogP contribution in [0.4, 0.5) is 4.79 Å². The Hall–Kier alpha value is -3.42. The van der Waals surface area contributed by atoms with Gasteiger partial charge in [-0.1, -0.05) is 30.3 Å². The maximum absolute atomic E-state index is 13.0. The molecule has 0 spiro atoms. The highest BCUT2D eigenvalue weighted by Gasteiger charge is 2.33. The first-order valence-corrected chi connectivity index (χ1v) is 10.8. The average Bonchev–Trinajstić information content (AvgIpc) is 3.43. The fourth-order valence-corrected chi connectivity index (χ4v) is 4.42.